The number of nitriles is 1. The quantitative estimate of drug-likeness (QED) is 0.855. The number of hydrogen-bond donors (Lipinski definition) is 0. The number of aromatic nitrogens is 2. The molecule has 106 valence electrons. The SMILES string of the molecule is N#Cc1ccc(CN2CCN(c3ncccn3)CC2)cc1. The van der Waals surface area contributed by atoms with Gasteiger partial charge in [-0.25, -0.2) is 9.97 Å². The molecule has 0 bridgehead atoms. The van der Waals surface area contributed by atoms with E-state index < -0.39 is 0 Å². The van der Waals surface area contributed by atoms with Crippen LogP contribution in [0.25, 0.3) is 0 Å². The molecule has 0 radical (unpaired) electrons. The first kappa shape index (κ1) is 13.5. The van der Waals surface area contributed by atoms with E-state index in [2.05, 4.69) is 25.8 Å². The molecule has 1 aliphatic rings. The average Bonchev–Trinajstić information content (AvgIpc) is 2.57. The van der Waals surface area contributed by atoms with E-state index in [9.17, 15) is 0 Å². The fourth-order valence-electron chi connectivity index (χ4n) is 2.50. The summed E-state index contributed by atoms with van der Waals surface area (Å²) in [7, 11) is 0. The predicted octanol–water partition coefficient (Wildman–Crippen LogP) is 1.67. The van der Waals surface area contributed by atoms with E-state index in [-0.39, 0.29) is 0 Å². The molecule has 3 rings (SSSR count). The highest BCUT2D eigenvalue weighted by atomic mass is 15.3. The zero-order valence-corrected chi connectivity index (χ0v) is 11.8. The van der Waals surface area contributed by atoms with Gasteiger partial charge >= 0.3 is 0 Å². The van der Waals surface area contributed by atoms with Crippen molar-refractivity contribution in [2.24, 2.45) is 0 Å². The molecule has 0 amide bonds. The van der Waals surface area contributed by atoms with Crippen molar-refractivity contribution in [3.8, 4) is 6.07 Å². The summed E-state index contributed by atoms with van der Waals surface area (Å²) >= 11 is 0. The number of nitrogens with zero attached hydrogens (tertiary/aromatic N) is 5. The molecule has 0 saturated carbocycles. The maximum absolute atomic E-state index is 8.81. The molecule has 2 heterocycles. The molecule has 1 aliphatic heterocycles. The van der Waals surface area contributed by atoms with Crippen LogP contribution < -0.4 is 4.90 Å². The number of benzene rings is 1. The molecule has 5 nitrogen and oxygen atoms in total. The van der Waals surface area contributed by atoms with Crippen LogP contribution in [0.2, 0.25) is 0 Å². The first-order valence-corrected chi connectivity index (χ1v) is 7.08. The molecule has 0 aliphatic carbocycles. The molecule has 1 aromatic heterocycles. The zero-order chi connectivity index (χ0) is 14.5. The van der Waals surface area contributed by atoms with Gasteiger partial charge in [-0.2, -0.15) is 5.26 Å². The lowest BCUT2D eigenvalue weighted by atomic mass is 10.1. The molecule has 1 saturated heterocycles. The van der Waals surface area contributed by atoms with Gasteiger partial charge in [0.1, 0.15) is 0 Å². The van der Waals surface area contributed by atoms with Crippen LogP contribution in [0.1, 0.15) is 11.1 Å². The van der Waals surface area contributed by atoms with Crippen LogP contribution in [0.15, 0.2) is 42.7 Å². The molecule has 0 unspecified atom stereocenters. The smallest absolute Gasteiger partial charge is 0.225 e. The van der Waals surface area contributed by atoms with E-state index in [1.165, 1.54) is 5.56 Å². The number of anilines is 1. The summed E-state index contributed by atoms with van der Waals surface area (Å²) in [5.74, 6) is 0.815. The summed E-state index contributed by atoms with van der Waals surface area (Å²) in [6.07, 6.45) is 3.57. The Balaban J connectivity index is 1.55. The van der Waals surface area contributed by atoms with E-state index in [0.29, 0.717) is 5.56 Å². The van der Waals surface area contributed by atoms with Crippen LogP contribution in [0.4, 0.5) is 5.95 Å². The fraction of sp³-hybridized carbons (Fsp3) is 0.312. The van der Waals surface area contributed by atoms with Gasteiger partial charge < -0.3 is 4.90 Å². The van der Waals surface area contributed by atoms with Crippen LogP contribution in [-0.2, 0) is 6.54 Å². The van der Waals surface area contributed by atoms with E-state index in [0.717, 1.165) is 38.7 Å². The second-order valence-corrected chi connectivity index (χ2v) is 5.12. The van der Waals surface area contributed by atoms with Gasteiger partial charge in [0.25, 0.3) is 0 Å². The minimum atomic E-state index is 0.713. The van der Waals surface area contributed by atoms with Crippen LogP contribution in [0.3, 0.4) is 0 Å². The summed E-state index contributed by atoms with van der Waals surface area (Å²) < 4.78 is 0. The second kappa shape index (κ2) is 6.33. The molecule has 21 heavy (non-hydrogen) atoms. The standard InChI is InChI=1S/C16H17N5/c17-12-14-2-4-15(5-3-14)13-20-8-10-21(11-9-20)16-18-6-1-7-19-16/h1-7H,8-11,13H2. The average molecular weight is 279 g/mol. The van der Waals surface area contributed by atoms with Gasteiger partial charge in [-0.15, -0.1) is 0 Å². The third kappa shape index (κ3) is 3.36. The van der Waals surface area contributed by atoms with Gasteiger partial charge in [-0.3, -0.25) is 4.90 Å². The third-order valence-electron chi connectivity index (χ3n) is 3.70. The fourth-order valence-corrected chi connectivity index (χ4v) is 2.50. The lowest BCUT2D eigenvalue weighted by Gasteiger charge is -2.34. The van der Waals surface area contributed by atoms with Crippen LogP contribution in [0, 0.1) is 11.3 Å². The van der Waals surface area contributed by atoms with Crippen molar-refractivity contribution < 1.29 is 0 Å². The van der Waals surface area contributed by atoms with Crippen LogP contribution in [0.5, 0.6) is 0 Å². The van der Waals surface area contributed by atoms with E-state index in [4.69, 9.17) is 5.26 Å². The molecule has 0 spiro atoms. The monoisotopic (exact) mass is 279 g/mol. The second-order valence-electron chi connectivity index (χ2n) is 5.12. The Labute approximate surface area is 124 Å². The lowest BCUT2D eigenvalue weighted by Crippen LogP contribution is -2.46. The largest absolute Gasteiger partial charge is 0.338 e. The van der Waals surface area contributed by atoms with Gasteiger partial charge in [0.05, 0.1) is 11.6 Å². The Bertz CT molecular complexity index is 609. The molecular weight excluding hydrogens is 262 g/mol. The van der Waals surface area contributed by atoms with E-state index in [1.54, 1.807) is 12.4 Å². The summed E-state index contributed by atoms with van der Waals surface area (Å²) in [5, 5.41) is 8.81. The van der Waals surface area contributed by atoms with E-state index >= 15 is 0 Å². The first-order valence-electron chi connectivity index (χ1n) is 7.08. The summed E-state index contributed by atoms with van der Waals surface area (Å²) in [4.78, 5) is 13.2. The van der Waals surface area contributed by atoms with Gasteiger partial charge in [0.15, 0.2) is 0 Å². The van der Waals surface area contributed by atoms with Crippen LogP contribution in [-0.4, -0.2) is 41.0 Å². The van der Waals surface area contributed by atoms with Gasteiger partial charge in [-0.05, 0) is 23.8 Å². The molecule has 2 aromatic rings. The molecule has 5 heteroatoms. The molecular formula is C16H17N5. The Morgan fingerprint density at radius 2 is 1.67 bits per heavy atom. The molecule has 0 atom stereocenters. The van der Waals surface area contributed by atoms with Crippen molar-refractivity contribution in [2.45, 2.75) is 6.54 Å². The summed E-state index contributed by atoms with van der Waals surface area (Å²) in [6, 6.07) is 11.8. The molecule has 0 N–H and O–H groups in total. The Hall–Kier alpha value is -2.45. The van der Waals surface area contributed by atoms with Crippen LogP contribution >= 0.6 is 0 Å². The Morgan fingerprint density at radius 3 is 2.29 bits per heavy atom. The van der Waals surface area contributed by atoms with Gasteiger partial charge in [0, 0.05) is 45.1 Å². The molecule has 1 fully saturated rings. The number of piperazine rings is 1. The Morgan fingerprint density at radius 1 is 1.00 bits per heavy atom. The zero-order valence-electron chi connectivity index (χ0n) is 11.8. The highest BCUT2D eigenvalue weighted by Crippen LogP contribution is 2.13. The minimum absolute atomic E-state index is 0.713. The predicted molar refractivity (Wildman–Crippen MR) is 80.7 cm³/mol. The van der Waals surface area contributed by atoms with Crippen molar-refractivity contribution in [2.75, 3.05) is 31.1 Å². The lowest BCUT2D eigenvalue weighted by molar-refractivity contribution is 0.248. The van der Waals surface area contributed by atoms with Crippen molar-refractivity contribution in [3.05, 3.63) is 53.9 Å². The van der Waals surface area contributed by atoms with Crippen molar-refractivity contribution >= 4 is 5.95 Å². The number of hydrogen-bond acceptors (Lipinski definition) is 5. The molecule has 1 aromatic carbocycles. The maximum atomic E-state index is 8.81. The topological polar surface area (TPSA) is 56.1 Å². The maximum Gasteiger partial charge on any atom is 0.225 e. The van der Waals surface area contributed by atoms with Crippen molar-refractivity contribution in [1.29, 1.82) is 5.26 Å². The van der Waals surface area contributed by atoms with Gasteiger partial charge in [-0.1, -0.05) is 12.1 Å². The number of rotatable bonds is 3. The summed E-state index contributed by atoms with van der Waals surface area (Å²) in [5.41, 5.74) is 1.96. The normalized spacial score (nSPS) is 15.7. The highest BCUT2D eigenvalue weighted by molar-refractivity contribution is 5.32. The Kier molecular flexibility index (Phi) is 4.08. The van der Waals surface area contributed by atoms with Crippen molar-refractivity contribution in [1.82, 2.24) is 14.9 Å². The minimum Gasteiger partial charge on any atom is -0.338 e. The van der Waals surface area contributed by atoms with Gasteiger partial charge in [0.2, 0.25) is 5.95 Å². The first-order chi connectivity index (χ1) is 10.3. The highest BCUT2D eigenvalue weighted by Gasteiger charge is 2.18. The summed E-state index contributed by atoms with van der Waals surface area (Å²) in [6.45, 7) is 4.81. The third-order valence-corrected chi connectivity index (χ3v) is 3.70. The van der Waals surface area contributed by atoms with Crippen molar-refractivity contribution in [3.63, 3.8) is 0 Å². The van der Waals surface area contributed by atoms with E-state index in [1.807, 2.05) is 30.3 Å².